The molecule has 0 N–H and O–H groups in total. The van der Waals surface area contributed by atoms with Crippen molar-refractivity contribution in [2.75, 3.05) is 6.61 Å². The number of allylic oxidation sites excluding steroid dienone is 2. The van der Waals surface area contributed by atoms with E-state index in [4.69, 9.17) is 4.74 Å². The highest BCUT2D eigenvalue weighted by atomic mass is 79.9. The molecule has 0 saturated heterocycles. The van der Waals surface area contributed by atoms with E-state index in [1.807, 2.05) is 18.2 Å². The maximum atomic E-state index is 5.60. The molecule has 0 amide bonds. The number of rotatable bonds is 3. The van der Waals surface area contributed by atoms with Crippen molar-refractivity contribution >= 4 is 15.9 Å². The zero-order valence-electron chi connectivity index (χ0n) is 6.72. The normalized spacial score (nSPS) is 29.3. The van der Waals surface area contributed by atoms with Crippen molar-refractivity contribution in [3.8, 4) is 0 Å². The van der Waals surface area contributed by atoms with Crippen molar-refractivity contribution in [1.29, 1.82) is 0 Å². The summed E-state index contributed by atoms with van der Waals surface area (Å²) in [6.07, 6.45) is 10.2. The maximum absolute atomic E-state index is 5.60. The van der Waals surface area contributed by atoms with Crippen LogP contribution in [0.3, 0.4) is 0 Å². The Balaban J connectivity index is 2.40. The molecule has 1 nitrogen and oxygen atoms in total. The summed E-state index contributed by atoms with van der Waals surface area (Å²) < 4.78 is 5.37. The van der Waals surface area contributed by atoms with Gasteiger partial charge in [-0.25, -0.2) is 0 Å². The molecule has 1 aliphatic rings. The van der Waals surface area contributed by atoms with Crippen LogP contribution >= 0.6 is 15.9 Å². The van der Waals surface area contributed by atoms with Crippen molar-refractivity contribution in [2.24, 2.45) is 0 Å². The largest absolute Gasteiger partial charge is 0.360 e. The first-order chi connectivity index (χ1) is 5.27. The highest BCUT2D eigenvalue weighted by molar-refractivity contribution is 9.10. The van der Waals surface area contributed by atoms with Crippen LogP contribution in [0.15, 0.2) is 24.3 Å². The predicted octanol–water partition coefficient (Wildman–Crippen LogP) is 3.02. The van der Waals surface area contributed by atoms with Crippen molar-refractivity contribution in [2.45, 2.75) is 24.3 Å². The molecule has 2 heteroatoms. The third-order valence-corrected chi connectivity index (χ3v) is 2.35. The lowest BCUT2D eigenvalue weighted by atomic mass is 10.1. The summed E-state index contributed by atoms with van der Waals surface area (Å²) in [5.74, 6) is 0. The molecule has 1 atom stereocenters. The van der Waals surface area contributed by atoms with Crippen LogP contribution in [0.5, 0.6) is 0 Å². The second kappa shape index (κ2) is 4.07. The van der Waals surface area contributed by atoms with Gasteiger partial charge >= 0.3 is 0 Å². The molecular weight excluding hydrogens is 204 g/mol. The molecule has 0 radical (unpaired) electrons. The number of hydrogen-bond acceptors (Lipinski definition) is 1. The number of hydrogen-bond donors (Lipinski definition) is 0. The van der Waals surface area contributed by atoms with Gasteiger partial charge in [-0.3, -0.25) is 0 Å². The Labute approximate surface area is 76.3 Å². The number of alkyl halides is 1. The Bertz CT molecular complexity index is 174. The minimum atomic E-state index is -0.224. The molecule has 0 bridgehead atoms. The third-order valence-electron chi connectivity index (χ3n) is 1.53. The summed E-state index contributed by atoms with van der Waals surface area (Å²) >= 11 is 3.54. The minimum absolute atomic E-state index is 0.224. The minimum Gasteiger partial charge on any atom is -0.360 e. The first-order valence-electron chi connectivity index (χ1n) is 3.94. The van der Waals surface area contributed by atoms with Gasteiger partial charge in [-0.15, -0.1) is 0 Å². The average Bonchev–Trinajstić information content (AvgIpc) is 2.03. The van der Waals surface area contributed by atoms with E-state index in [1.165, 1.54) is 0 Å². The van der Waals surface area contributed by atoms with Crippen LogP contribution in [-0.4, -0.2) is 11.1 Å². The molecule has 0 spiro atoms. The Morgan fingerprint density at radius 3 is 2.91 bits per heavy atom. The molecule has 0 fully saturated rings. The van der Waals surface area contributed by atoms with Crippen molar-refractivity contribution in [3.05, 3.63) is 24.3 Å². The number of ether oxygens (including phenoxy) is 1. The molecule has 0 aromatic heterocycles. The zero-order valence-corrected chi connectivity index (χ0v) is 8.30. The summed E-state index contributed by atoms with van der Waals surface area (Å²) in [5, 5.41) is 0. The van der Waals surface area contributed by atoms with Crippen molar-refractivity contribution < 1.29 is 4.74 Å². The van der Waals surface area contributed by atoms with Crippen LogP contribution < -0.4 is 0 Å². The Morgan fingerprint density at radius 2 is 2.36 bits per heavy atom. The van der Waals surface area contributed by atoms with Crippen LogP contribution in [0.2, 0.25) is 0 Å². The van der Waals surface area contributed by atoms with Gasteiger partial charge in [0.2, 0.25) is 0 Å². The summed E-state index contributed by atoms with van der Waals surface area (Å²) in [5.41, 5.74) is 0. The van der Waals surface area contributed by atoms with E-state index in [9.17, 15) is 0 Å². The van der Waals surface area contributed by atoms with E-state index < -0.39 is 0 Å². The van der Waals surface area contributed by atoms with E-state index in [1.54, 1.807) is 0 Å². The van der Waals surface area contributed by atoms with Crippen LogP contribution in [0.1, 0.15) is 19.8 Å². The Morgan fingerprint density at radius 1 is 1.55 bits per heavy atom. The number of halogens is 1. The lowest BCUT2D eigenvalue weighted by Gasteiger charge is -2.24. The zero-order chi connectivity index (χ0) is 8.16. The molecule has 0 aromatic rings. The highest BCUT2D eigenvalue weighted by Crippen LogP contribution is 2.29. The topological polar surface area (TPSA) is 9.23 Å². The first-order valence-corrected chi connectivity index (χ1v) is 4.73. The van der Waals surface area contributed by atoms with Gasteiger partial charge in [0.25, 0.3) is 0 Å². The molecule has 0 heterocycles. The second-order valence-corrected chi connectivity index (χ2v) is 3.97. The Hall–Kier alpha value is -0.0800. The van der Waals surface area contributed by atoms with E-state index in [2.05, 4.69) is 28.9 Å². The van der Waals surface area contributed by atoms with Gasteiger partial charge < -0.3 is 4.74 Å². The lowest BCUT2D eigenvalue weighted by molar-refractivity contribution is 0.0668. The molecule has 0 aliphatic heterocycles. The molecule has 1 rings (SSSR count). The van der Waals surface area contributed by atoms with Gasteiger partial charge in [-0.05, 0) is 28.4 Å². The quantitative estimate of drug-likeness (QED) is 0.660. The van der Waals surface area contributed by atoms with Crippen molar-refractivity contribution in [1.82, 2.24) is 0 Å². The van der Waals surface area contributed by atoms with Gasteiger partial charge in [-0.2, -0.15) is 0 Å². The summed E-state index contributed by atoms with van der Waals surface area (Å²) in [6, 6.07) is 0. The van der Waals surface area contributed by atoms with E-state index in [0.29, 0.717) is 0 Å². The van der Waals surface area contributed by atoms with Gasteiger partial charge in [0.1, 0.15) is 4.51 Å². The van der Waals surface area contributed by atoms with Crippen LogP contribution in [0, 0.1) is 0 Å². The smallest absolute Gasteiger partial charge is 0.144 e. The van der Waals surface area contributed by atoms with Crippen LogP contribution in [0.4, 0.5) is 0 Å². The van der Waals surface area contributed by atoms with Crippen molar-refractivity contribution in [3.63, 3.8) is 0 Å². The lowest BCUT2D eigenvalue weighted by Crippen LogP contribution is -2.22. The highest BCUT2D eigenvalue weighted by Gasteiger charge is 2.22. The fourth-order valence-corrected chi connectivity index (χ4v) is 1.45. The van der Waals surface area contributed by atoms with E-state index in [0.717, 1.165) is 19.4 Å². The van der Waals surface area contributed by atoms with Gasteiger partial charge in [0.15, 0.2) is 0 Å². The molecule has 0 saturated carbocycles. The summed E-state index contributed by atoms with van der Waals surface area (Å²) in [7, 11) is 0. The average molecular weight is 217 g/mol. The first kappa shape index (κ1) is 9.01. The third kappa shape index (κ3) is 2.80. The maximum Gasteiger partial charge on any atom is 0.144 e. The standard InChI is InChI=1S/C9H13BrO/c1-2-8-11-9(10)6-4-3-5-7-9/h3-6H,2,7-8H2,1H3. The molecule has 11 heavy (non-hydrogen) atoms. The fraction of sp³-hybridized carbons (Fsp3) is 0.556. The fourth-order valence-electron chi connectivity index (χ4n) is 0.953. The van der Waals surface area contributed by atoms with Gasteiger partial charge in [0.05, 0.1) is 0 Å². The van der Waals surface area contributed by atoms with Gasteiger partial charge in [0, 0.05) is 13.0 Å². The monoisotopic (exact) mass is 216 g/mol. The SMILES string of the molecule is CCCOC1(Br)C=CC=CC1. The molecule has 62 valence electrons. The Kier molecular flexibility index (Phi) is 3.34. The summed E-state index contributed by atoms with van der Waals surface area (Å²) in [4.78, 5) is 0. The van der Waals surface area contributed by atoms with Crippen LogP contribution in [-0.2, 0) is 4.74 Å². The molecule has 1 aliphatic carbocycles. The summed E-state index contributed by atoms with van der Waals surface area (Å²) in [6.45, 7) is 2.92. The van der Waals surface area contributed by atoms with E-state index in [-0.39, 0.29) is 4.51 Å². The predicted molar refractivity (Wildman–Crippen MR) is 50.8 cm³/mol. The molecule has 0 aromatic carbocycles. The van der Waals surface area contributed by atoms with Crippen LogP contribution in [0.25, 0.3) is 0 Å². The van der Waals surface area contributed by atoms with Gasteiger partial charge in [-0.1, -0.05) is 25.2 Å². The van der Waals surface area contributed by atoms with E-state index >= 15 is 0 Å². The second-order valence-electron chi connectivity index (χ2n) is 2.63. The molecule has 1 unspecified atom stereocenters. The molecular formula is C9H13BrO.